The van der Waals surface area contributed by atoms with Crippen LogP contribution in [0.2, 0.25) is 0 Å². The Morgan fingerprint density at radius 3 is 2.58 bits per heavy atom. The van der Waals surface area contributed by atoms with Crippen LogP contribution in [0.25, 0.3) is 0 Å². The summed E-state index contributed by atoms with van der Waals surface area (Å²) in [5.74, 6) is 0. The lowest BCUT2D eigenvalue weighted by molar-refractivity contribution is 1.47. The predicted octanol–water partition coefficient (Wildman–Crippen LogP) is 2.26. The Labute approximate surface area is 81.1 Å². The molecule has 1 aromatic rings. The van der Waals surface area contributed by atoms with Crippen molar-refractivity contribution in [1.29, 1.82) is 0 Å². The molecule has 1 rings (SSSR count). The van der Waals surface area contributed by atoms with Crippen molar-refractivity contribution in [3.05, 3.63) is 18.2 Å². The van der Waals surface area contributed by atoms with Crippen molar-refractivity contribution in [1.82, 2.24) is 0 Å². The average Bonchev–Trinajstić information content (AvgIpc) is 2.07. The van der Waals surface area contributed by atoms with Crippen molar-refractivity contribution < 1.29 is 0 Å². The summed E-state index contributed by atoms with van der Waals surface area (Å²) < 4.78 is 0. The van der Waals surface area contributed by atoms with Gasteiger partial charge in [0.15, 0.2) is 0 Å². The molecule has 0 fully saturated rings. The Morgan fingerprint density at radius 1 is 1.25 bits per heavy atom. The summed E-state index contributed by atoms with van der Waals surface area (Å²) in [6.45, 7) is 0. The molecule has 0 bridgehead atoms. The highest BCUT2D eigenvalue weighted by atomic mass is 32.2. The molecule has 0 heterocycles. The van der Waals surface area contributed by atoms with Gasteiger partial charge in [-0.2, -0.15) is 11.8 Å². The van der Waals surface area contributed by atoms with Crippen molar-refractivity contribution in [3.8, 4) is 0 Å². The average molecular weight is 200 g/mol. The molecule has 0 amide bonds. The molecule has 12 heavy (non-hydrogen) atoms. The molecule has 0 unspecified atom stereocenters. The van der Waals surface area contributed by atoms with E-state index in [1.54, 1.807) is 23.5 Å². The summed E-state index contributed by atoms with van der Waals surface area (Å²) in [7, 11) is 0. The van der Waals surface area contributed by atoms with Gasteiger partial charge >= 0.3 is 0 Å². The van der Waals surface area contributed by atoms with Crippen LogP contribution in [-0.2, 0) is 0 Å². The van der Waals surface area contributed by atoms with Crippen LogP contribution in [0, 0.1) is 0 Å². The standard InChI is InChI=1S/C8H12N2S2/c1-11-5-12-6-2-3-7(9)8(10)4-6/h2-4H,5,9-10H2,1H3. The maximum absolute atomic E-state index is 5.65. The van der Waals surface area contributed by atoms with Gasteiger partial charge in [-0.25, -0.2) is 0 Å². The minimum absolute atomic E-state index is 0.656. The van der Waals surface area contributed by atoms with Gasteiger partial charge in [-0.3, -0.25) is 0 Å². The number of benzene rings is 1. The van der Waals surface area contributed by atoms with Gasteiger partial charge in [0.2, 0.25) is 0 Å². The first-order valence-electron chi connectivity index (χ1n) is 3.51. The molecule has 4 N–H and O–H groups in total. The van der Waals surface area contributed by atoms with E-state index in [9.17, 15) is 0 Å². The number of hydrogen-bond acceptors (Lipinski definition) is 4. The van der Waals surface area contributed by atoms with E-state index < -0.39 is 0 Å². The van der Waals surface area contributed by atoms with Gasteiger partial charge in [0.05, 0.1) is 11.4 Å². The van der Waals surface area contributed by atoms with E-state index in [0.717, 1.165) is 5.08 Å². The minimum atomic E-state index is 0.656. The fourth-order valence-electron chi connectivity index (χ4n) is 0.770. The molecule has 0 spiro atoms. The number of rotatable bonds is 3. The molecule has 2 nitrogen and oxygen atoms in total. The lowest BCUT2D eigenvalue weighted by Crippen LogP contribution is -1.93. The van der Waals surface area contributed by atoms with E-state index in [0.29, 0.717) is 11.4 Å². The highest BCUT2D eigenvalue weighted by Gasteiger charge is 1.96. The fraction of sp³-hybridized carbons (Fsp3) is 0.250. The predicted molar refractivity (Wildman–Crippen MR) is 59.5 cm³/mol. The van der Waals surface area contributed by atoms with E-state index in [-0.39, 0.29) is 0 Å². The van der Waals surface area contributed by atoms with Crippen molar-refractivity contribution in [2.24, 2.45) is 0 Å². The molecule has 0 aliphatic heterocycles. The van der Waals surface area contributed by atoms with Crippen LogP contribution in [0.1, 0.15) is 0 Å². The Bertz CT molecular complexity index is 263. The fourth-order valence-corrected chi connectivity index (χ4v) is 2.16. The van der Waals surface area contributed by atoms with Crippen LogP contribution in [0.3, 0.4) is 0 Å². The monoisotopic (exact) mass is 200 g/mol. The maximum atomic E-state index is 5.65. The third-order valence-electron chi connectivity index (χ3n) is 1.40. The molecule has 66 valence electrons. The van der Waals surface area contributed by atoms with Gasteiger partial charge in [-0.1, -0.05) is 0 Å². The van der Waals surface area contributed by atoms with Crippen molar-refractivity contribution in [2.75, 3.05) is 22.8 Å². The van der Waals surface area contributed by atoms with Crippen LogP contribution in [0.5, 0.6) is 0 Å². The Kier molecular flexibility index (Phi) is 3.62. The summed E-state index contributed by atoms with van der Waals surface area (Å²) in [5.41, 5.74) is 12.5. The van der Waals surface area contributed by atoms with Crippen LogP contribution in [0.15, 0.2) is 23.1 Å². The van der Waals surface area contributed by atoms with Crippen LogP contribution >= 0.6 is 23.5 Å². The van der Waals surface area contributed by atoms with Crippen molar-refractivity contribution in [3.63, 3.8) is 0 Å². The van der Waals surface area contributed by atoms with Gasteiger partial charge < -0.3 is 11.5 Å². The van der Waals surface area contributed by atoms with E-state index in [4.69, 9.17) is 11.5 Å². The quantitative estimate of drug-likeness (QED) is 0.446. The molecule has 0 aromatic heterocycles. The van der Waals surface area contributed by atoms with Gasteiger partial charge in [-0.05, 0) is 24.5 Å². The zero-order valence-electron chi connectivity index (χ0n) is 6.91. The van der Waals surface area contributed by atoms with Gasteiger partial charge in [0.25, 0.3) is 0 Å². The third-order valence-corrected chi connectivity index (χ3v) is 3.40. The number of anilines is 2. The van der Waals surface area contributed by atoms with Gasteiger partial charge in [0, 0.05) is 9.98 Å². The molecule has 1 aromatic carbocycles. The smallest absolute Gasteiger partial charge is 0.0559 e. The number of thioether (sulfide) groups is 2. The SMILES string of the molecule is CSCSc1ccc(N)c(N)c1. The molecule has 0 aliphatic carbocycles. The van der Waals surface area contributed by atoms with Crippen LogP contribution in [0.4, 0.5) is 11.4 Å². The van der Waals surface area contributed by atoms with Crippen molar-refractivity contribution in [2.45, 2.75) is 4.90 Å². The molecule has 0 radical (unpaired) electrons. The molecular formula is C8H12N2S2. The van der Waals surface area contributed by atoms with Gasteiger partial charge in [-0.15, -0.1) is 11.8 Å². The first-order valence-corrected chi connectivity index (χ1v) is 5.88. The van der Waals surface area contributed by atoms with Crippen LogP contribution in [-0.4, -0.2) is 11.3 Å². The number of hydrogen-bond donors (Lipinski definition) is 2. The Hall–Kier alpha value is -0.480. The van der Waals surface area contributed by atoms with E-state index >= 15 is 0 Å². The lowest BCUT2D eigenvalue weighted by atomic mass is 10.3. The highest BCUT2D eigenvalue weighted by Crippen LogP contribution is 2.26. The topological polar surface area (TPSA) is 52.0 Å². The summed E-state index contributed by atoms with van der Waals surface area (Å²) in [4.78, 5) is 1.18. The second-order valence-electron chi connectivity index (χ2n) is 2.34. The second kappa shape index (κ2) is 4.52. The van der Waals surface area contributed by atoms with E-state index in [2.05, 4.69) is 6.26 Å². The number of nitrogen functional groups attached to an aromatic ring is 2. The normalized spacial score (nSPS) is 10.1. The first-order chi connectivity index (χ1) is 5.74. The summed E-state index contributed by atoms with van der Waals surface area (Å²) >= 11 is 3.57. The third kappa shape index (κ3) is 2.53. The molecule has 0 saturated carbocycles. The first kappa shape index (κ1) is 9.61. The zero-order chi connectivity index (χ0) is 8.97. The zero-order valence-corrected chi connectivity index (χ0v) is 8.54. The molecule has 0 aliphatic rings. The maximum Gasteiger partial charge on any atom is 0.0559 e. The Morgan fingerprint density at radius 2 is 2.00 bits per heavy atom. The Balaban J connectivity index is 2.69. The summed E-state index contributed by atoms with van der Waals surface area (Å²) in [5, 5.41) is 1.04. The van der Waals surface area contributed by atoms with E-state index in [1.165, 1.54) is 4.90 Å². The summed E-state index contributed by atoms with van der Waals surface area (Å²) in [6, 6.07) is 5.75. The second-order valence-corrected chi connectivity index (χ2v) is 4.62. The molecule has 0 atom stereocenters. The minimum Gasteiger partial charge on any atom is -0.397 e. The number of nitrogens with two attached hydrogens (primary N) is 2. The van der Waals surface area contributed by atoms with Crippen molar-refractivity contribution >= 4 is 34.9 Å². The lowest BCUT2D eigenvalue weighted by Gasteiger charge is -2.03. The molecule has 4 heteroatoms. The molecular weight excluding hydrogens is 188 g/mol. The highest BCUT2D eigenvalue weighted by molar-refractivity contribution is 8.15. The summed E-state index contributed by atoms with van der Waals surface area (Å²) in [6.07, 6.45) is 2.08. The van der Waals surface area contributed by atoms with Crippen LogP contribution < -0.4 is 11.5 Å². The van der Waals surface area contributed by atoms with Gasteiger partial charge in [0.1, 0.15) is 0 Å². The van der Waals surface area contributed by atoms with E-state index in [1.807, 2.05) is 18.2 Å². The molecule has 0 saturated heterocycles. The largest absolute Gasteiger partial charge is 0.397 e.